The number of allylic oxidation sites excluding steroid dienone is 1. The molecular formula is C28H21FN2OS2. The predicted molar refractivity (Wildman–Crippen MR) is 137 cm³/mol. The maximum atomic E-state index is 13.7. The average molecular weight is 485 g/mol. The highest BCUT2D eigenvalue weighted by molar-refractivity contribution is 7.98. The molecule has 0 saturated carbocycles. The van der Waals surface area contributed by atoms with Crippen molar-refractivity contribution in [2.24, 2.45) is 4.99 Å². The zero-order chi connectivity index (χ0) is 23.2. The highest BCUT2D eigenvalue weighted by atomic mass is 32.2. The Morgan fingerprint density at radius 3 is 2.56 bits per heavy atom. The molecule has 6 rings (SSSR count). The first-order valence-corrected chi connectivity index (χ1v) is 13.2. The topological polar surface area (TPSA) is 34.4 Å². The van der Waals surface area contributed by atoms with Crippen LogP contribution in [0.25, 0.3) is 11.8 Å². The van der Waals surface area contributed by atoms with Crippen LogP contribution in [0.3, 0.4) is 0 Å². The molecule has 6 heteroatoms. The molecule has 1 aromatic heterocycles. The van der Waals surface area contributed by atoms with Gasteiger partial charge in [-0.15, -0.1) is 11.8 Å². The fraction of sp³-hybridized carbons (Fsp3) is 0.143. The average Bonchev–Trinajstić information content (AvgIpc) is 3.18. The molecular weight excluding hydrogens is 463 g/mol. The van der Waals surface area contributed by atoms with E-state index in [-0.39, 0.29) is 17.4 Å². The lowest BCUT2D eigenvalue weighted by atomic mass is 9.83. The summed E-state index contributed by atoms with van der Waals surface area (Å²) in [6.07, 6.45) is 5.69. The fourth-order valence-electron chi connectivity index (χ4n) is 4.82. The van der Waals surface area contributed by atoms with Gasteiger partial charge in [0.05, 0.1) is 16.3 Å². The number of hydrogen-bond donors (Lipinski definition) is 0. The third kappa shape index (κ3) is 3.58. The van der Waals surface area contributed by atoms with Gasteiger partial charge in [0.15, 0.2) is 4.80 Å². The van der Waals surface area contributed by atoms with Gasteiger partial charge in [0, 0.05) is 10.5 Å². The monoisotopic (exact) mass is 484 g/mol. The van der Waals surface area contributed by atoms with Gasteiger partial charge < -0.3 is 0 Å². The van der Waals surface area contributed by atoms with Gasteiger partial charge in [0.25, 0.3) is 5.56 Å². The van der Waals surface area contributed by atoms with Crippen molar-refractivity contribution in [3.05, 3.63) is 126 Å². The molecule has 0 spiro atoms. The smallest absolute Gasteiger partial charge is 0.271 e. The number of nitrogens with zero attached hydrogens (tertiary/aromatic N) is 2. The van der Waals surface area contributed by atoms with Crippen molar-refractivity contribution >= 4 is 34.9 Å². The highest BCUT2D eigenvalue weighted by Crippen LogP contribution is 2.41. The molecule has 0 bridgehead atoms. The van der Waals surface area contributed by atoms with E-state index in [1.54, 1.807) is 23.9 Å². The van der Waals surface area contributed by atoms with Gasteiger partial charge in [0.1, 0.15) is 5.82 Å². The molecule has 1 aliphatic carbocycles. The molecule has 2 heterocycles. The lowest BCUT2D eigenvalue weighted by molar-refractivity contribution is 0.585. The summed E-state index contributed by atoms with van der Waals surface area (Å²) in [5.74, 6) is -0.293. The van der Waals surface area contributed by atoms with Crippen molar-refractivity contribution < 1.29 is 4.39 Å². The first kappa shape index (κ1) is 21.3. The Bertz CT molecular complexity index is 1610. The van der Waals surface area contributed by atoms with Crippen LogP contribution in [-0.4, -0.2) is 10.8 Å². The van der Waals surface area contributed by atoms with Crippen molar-refractivity contribution in [2.45, 2.75) is 23.8 Å². The molecule has 0 amide bonds. The third-order valence-electron chi connectivity index (χ3n) is 6.47. The standard InChI is InChI=1S/C28H21FN2OS2/c1-33-21-13-8-19(9-14-21)26-23-15-10-18-4-2-3-5-22(18)25(23)30-28-31(26)27(32)24(34-28)16-17-6-11-20(29)12-7-17/h2-9,11-14,16,26H,10,15H2,1H3. The number of thiazole rings is 1. The van der Waals surface area contributed by atoms with Crippen LogP contribution in [0.5, 0.6) is 0 Å². The summed E-state index contributed by atoms with van der Waals surface area (Å²) >= 11 is 3.10. The lowest BCUT2D eigenvalue weighted by Gasteiger charge is -2.30. The first-order valence-electron chi connectivity index (χ1n) is 11.1. The second-order valence-electron chi connectivity index (χ2n) is 8.44. The molecule has 3 nitrogen and oxygen atoms in total. The number of fused-ring (bicyclic) bond motifs is 3. The van der Waals surface area contributed by atoms with Crippen LogP contribution in [0.15, 0.2) is 93.1 Å². The van der Waals surface area contributed by atoms with Crippen LogP contribution in [0.1, 0.15) is 34.7 Å². The van der Waals surface area contributed by atoms with Crippen molar-refractivity contribution in [3.63, 3.8) is 0 Å². The number of aryl methyl sites for hydroxylation is 1. The van der Waals surface area contributed by atoms with Gasteiger partial charge in [0.2, 0.25) is 0 Å². The van der Waals surface area contributed by atoms with Crippen LogP contribution in [0.2, 0.25) is 0 Å². The predicted octanol–water partition coefficient (Wildman–Crippen LogP) is 5.18. The Morgan fingerprint density at radius 1 is 1.03 bits per heavy atom. The third-order valence-corrected chi connectivity index (χ3v) is 8.20. The van der Waals surface area contributed by atoms with E-state index in [0.717, 1.165) is 35.2 Å². The van der Waals surface area contributed by atoms with Crippen LogP contribution < -0.4 is 14.9 Å². The van der Waals surface area contributed by atoms with Crippen LogP contribution in [-0.2, 0) is 6.42 Å². The van der Waals surface area contributed by atoms with Crippen LogP contribution in [0.4, 0.5) is 4.39 Å². The minimum absolute atomic E-state index is 0.0579. The van der Waals surface area contributed by atoms with E-state index in [4.69, 9.17) is 4.99 Å². The quantitative estimate of drug-likeness (QED) is 0.376. The number of benzene rings is 3. The van der Waals surface area contributed by atoms with E-state index in [0.29, 0.717) is 9.33 Å². The molecule has 34 heavy (non-hydrogen) atoms. The van der Waals surface area contributed by atoms with E-state index in [1.807, 2.05) is 10.6 Å². The molecule has 4 aromatic rings. The van der Waals surface area contributed by atoms with Crippen molar-refractivity contribution in [3.8, 4) is 0 Å². The van der Waals surface area contributed by atoms with Crippen molar-refractivity contribution in [2.75, 3.05) is 6.26 Å². The second-order valence-corrected chi connectivity index (χ2v) is 10.3. The van der Waals surface area contributed by atoms with E-state index in [9.17, 15) is 9.18 Å². The molecule has 1 unspecified atom stereocenters. The Labute approximate surface area is 204 Å². The number of hydrogen-bond acceptors (Lipinski definition) is 4. The van der Waals surface area contributed by atoms with E-state index in [1.165, 1.54) is 39.5 Å². The zero-order valence-electron chi connectivity index (χ0n) is 18.5. The largest absolute Gasteiger partial charge is 0.272 e. The van der Waals surface area contributed by atoms with Gasteiger partial charge in [-0.05, 0) is 71.7 Å². The number of rotatable bonds is 3. The molecule has 1 atom stereocenters. The molecule has 2 aliphatic rings. The Kier molecular flexibility index (Phi) is 5.35. The van der Waals surface area contributed by atoms with Gasteiger partial charge in [-0.1, -0.05) is 59.9 Å². The summed E-state index contributed by atoms with van der Waals surface area (Å²) in [7, 11) is 0. The Balaban J connectivity index is 1.60. The zero-order valence-corrected chi connectivity index (χ0v) is 20.1. The number of aromatic nitrogens is 1. The van der Waals surface area contributed by atoms with Gasteiger partial charge in [-0.2, -0.15) is 0 Å². The van der Waals surface area contributed by atoms with Crippen LogP contribution >= 0.6 is 23.1 Å². The molecule has 0 saturated heterocycles. The van der Waals surface area contributed by atoms with Gasteiger partial charge >= 0.3 is 0 Å². The van der Waals surface area contributed by atoms with Gasteiger partial charge in [-0.25, -0.2) is 9.38 Å². The summed E-state index contributed by atoms with van der Waals surface area (Å²) in [4.78, 5) is 20.6. The molecule has 3 aromatic carbocycles. The van der Waals surface area contributed by atoms with Crippen molar-refractivity contribution in [1.82, 2.24) is 4.57 Å². The van der Waals surface area contributed by atoms with E-state index in [2.05, 4.69) is 54.8 Å². The molecule has 168 valence electrons. The minimum atomic E-state index is -0.293. The summed E-state index contributed by atoms with van der Waals surface area (Å²) < 4.78 is 15.8. The summed E-state index contributed by atoms with van der Waals surface area (Å²) in [5, 5.41) is 0. The summed E-state index contributed by atoms with van der Waals surface area (Å²) in [6, 6.07) is 22.9. The molecule has 1 aliphatic heterocycles. The van der Waals surface area contributed by atoms with Crippen molar-refractivity contribution in [1.29, 1.82) is 0 Å². The molecule has 0 radical (unpaired) electrons. The van der Waals surface area contributed by atoms with E-state index < -0.39 is 0 Å². The fourth-order valence-corrected chi connectivity index (χ4v) is 6.23. The number of halogens is 1. The highest BCUT2D eigenvalue weighted by Gasteiger charge is 2.32. The Morgan fingerprint density at radius 2 is 1.79 bits per heavy atom. The van der Waals surface area contributed by atoms with Gasteiger partial charge in [-0.3, -0.25) is 9.36 Å². The first-order chi connectivity index (χ1) is 16.6. The summed E-state index contributed by atoms with van der Waals surface area (Å²) in [5.41, 5.74) is 6.47. The lowest BCUT2D eigenvalue weighted by Crippen LogP contribution is -2.38. The molecule has 0 fully saturated rings. The van der Waals surface area contributed by atoms with E-state index >= 15 is 0 Å². The maximum absolute atomic E-state index is 13.7. The number of thioether (sulfide) groups is 1. The molecule has 0 N–H and O–H groups in total. The maximum Gasteiger partial charge on any atom is 0.271 e. The minimum Gasteiger partial charge on any atom is -0.272 e. The second kappa shape index (κ2) is 8.53. The Hall–Kier alpha value is -3.22. The SMILES string of the molecule is CSc1ccc(C2C3=C(N=c4sc(=Cc5ccc(F)cc5)c(=O)n42)c2ccccc2CC3)cc1. The summed E-state index contributed by atoms with van der Waals surface area (Å²) in [6.45, 7) is 0. The van der Waals surface area contributed by atoms with Crippen LogP contribution in [0, 0.1) is 5.82 Å². The normalized spacial score (nSPS) is 17.1.